The van der Waals surface area contributed by atoms with Crippen molar-refractivity contribution >= 4 is 5.69 Å². The molecule has 0 aliphatic rings. The van der Waals surface area contributed by atoms with Gasteiger partial charge in [0.25, 0.3) is 5.89 Å². The van der Waals surface area contributed by atoms with E-state index in [0.717, 1.165) is 17.4 Å². The number of nitrogens with zero attached hydrogens (tertiary/aromatic N) is 3. The fraction of sp³-hybridized carbons (Fsp3) is 0.0714. The van der Waals surface area contributed by atoms with E-state index in [-0.39, 0.29) is 0 Å². The number of halogens is 1. The summed E-state index contributed by atoms with van der Waals surface area (Å²) in [6, 6.07) is 10.4. The van der Waals surface area contributed by atoms with Gasteiger partial charge in [-0.3, -0.25) is 0 Å². The van der Waals surface area contributed by atoms with E-state index < -0.39 is 5.82 Å². The van der Waals surface area contributed by atoms with Gasteiger partial charge in [-0.15, -0.1) is 0 Å². The lowest BCUT2D eigenvalue weighted by atomic mass is 10.2. The molecule has 0 radical (unpaired) electrons. The Morgan fingerprint density at radius 3 is 2.55 bits per heavy atom. The molecule has 1 N–H and O–H groups in total. The van der Waals surface area contributed by atoms with Gasteiger partial charge < -0.3 is 9.84 Å². The molecule has 0 saturated carbocycles. The summed E-state index contributed by atoms with van der Waals surface area (Å²) < 4.78 is 18.0. The largest absolute Gasteiger partial charge is 0.388 e. The summed E-state index contributed by atoms with van der Waals surface area (Å²) in [5, 5.41) is 6.88. The molecule has 0 bridgehead atoms. The van der Waals surface area contributed by atoms with Crippen LogP contribution in [0.25, 0.3) is 23.0 Å². The number of aromatic nitrogens is 3. The van der Waals surface area contributed by atoms with Gasteiger partial charge in [-0.1, -0.05) is 5.16 Å². The lowest BCUT2D eigenvalue weighted by molar-refractivity contribution is 0.432. The Labute approximate surface area is 114 Å². The zero-order chi connectivity index (χ0) is 13.9. The first-order chi connectivity index (χ1) is 9.76. The number of rotatable bonds is 3. The molecule has 0 spiro atoms. The summed E-state index contributed by atoms with van der Waals surface area (Å²) in [7, 11) is 1.85. The molecule has 0 atom stereocenters. The van der Waals surface area contributed by atoms with Crippen molar-refractivity contribution in [2.45, 2.75) is 0 Å². The summed E-state index contributed by atoms with van der Waals surface area (Å²) in [6.07, 6.45) is 1.12. The van der Waals surface area contributed by atoms with Crippen LogP contribution >= 0.6 is 0 Å². The molecule has 2 aromatic heterocycles. The third kappa shape index (κ3) is 2.35. The number of benzene rings is 1. The average molecular weight is 270 g/mol. The molecule has 0 aliphatic heterocycles. The Morgan fingerprint density at radius 1 is 1.10 bits per heavy atom. The quantitative estimate of drug-likeness (QED) is 0.792. The van der Waals surface area contributed by atoms with Crippen molar-refractivity contribution in [3.05, 3.63) is 48.4 Å². The van der Waals surface area contributed by atoms with E-state index in [4.69, 9.17) is 4.52 Å². The summed E-state index contributed by atoms with van der Waals surface area (Å²) in [6.45, 7) is 0. The van der Waals surface area contributed by atoms with E-state index in [2.05, 4.69) is 20.4 Å². The minimum Gasteiger partial charge on any atom is -0.388 e. The summed E-state index contributed by atoms with van der Waals surface area (Å²) in [5.74, 6) is 0.326. The maximum Gasteiger partial charge on any atom is 0.258 e. The van der Waals surface area contributed by atoms with Crippen molar-refractivity contribution in [3.63, 3.8) is 0 Å². The number of hydrogen-bond donors (Lipinski definition) is 1. The van der Waals surface area contributed by atoms with Crippen molar-refractivity contribution in [1.82, 2.24) is 15.1 Å². The van der Waals surface area contributed by atoms with Crippen LogP contribution in [0.2, 0.25) is 0 Å². The smallest absolute Gasteiger partial charge is 0.258 e. The van der Waals surface area contributed by atoms with Crippen LogP contribution in [-0.4, -0.2) is 22.2 Å². The Balaban J connectivity index is 1.91. The highest BCUT2D eigenvalue weighted by Crippen LogP contribution is 2.22. The predicted molar refractivity (Wildman–Crippen MR) is 72.5 cm³/mol. The van der Waals surface area contributed by atoms with E-state index in [0.29, 0.717) is 17.4 Å². The number of anilines is 1. The first-order valence-corrected chi connectivity index (χ1v) is 6.00. The van der Waals surface area contributed by atoms with Gasteiger partial charge in [0.2, 0.25) is 5.82 Å². The van der Waals surface area contributed by atoms with Crippen LogP contribution in [0.4, 0.5) is 10.1 Å². The number of hydrogen-bond acceptors (Lipinski definition) is 5. The molecular formula is C14H11FN4O. The predicted octanol–water partition coefficient (Wildman–Crippen LogP) is 2.98. The van der Waals surface area contributed by atoms with E-state index >= 15 is 0 Å². The molecule has 0 saturated heterocycles. The summed E-state index contributed by atoms with van der Waals surface area (Å²) in [5.41, 5.74) is 2.27. The van der Waals surface area contributed by atoms with Gasteiger partial charge in [-0.25, -0.2) is 9.37 Å². The van der Waals surface area contributed by atoms with Crippen LogP contribution in [0.3, 0.4) is 0 Å². The third-order valence-corrected chi connectivity index (χ3v) is 2.80. The van der Waals surface area contributed by atoms with Crippen LogP contribution in [0.1, 0.15) is 0 Å². The van der Waals surface area contributed by atoms with Crippen molar-refractivity contribution in [3.8, 4) is 23.0 Å². The van der Waals surface area contributed by atoms with Gasteiger partial charge in [0.05, 0.1) is 6.20 Å². The van der Waals surface area contributed by atoms with Gasteiger partial charge in [0, 0.05) is 18.3 Å². The van der Waals surface area contributed by atoms with E-state index in [1.54, 1.807) is 0 Å². The molecule has 0 aliphatic carbocycles. The molecule has 20 heavy (non-hydrogen) atoms. The molecule has 0 unspecified atom stereocenters. The molecule has 1 aromatic carbocycles. The minimum atomic E-state index is -0.403. The highest BCUT2D eigenvalue weighted by atomic mass is 19.1. The van der Waals surface area contributed by atoms with Crippen LogP contribution in [0.5, 0.6) is 0 Å². The maximum absolute atomic E-state index is 12.8. The monoisotopic (exact) mass is 270 g/mol. The maximum atomic E-state index is 12.8. The topological polar surface area (TPSA) is 63.8 Å². The van der Waals surface area contributed by atoms with Crippen molar-refractivity contribution in [2.24, 2.45) is 0 Å². The number of pyridine rings is 1. The van der Waals surface area contributed by atoms with Crippen LogP contribution < -0.4 is 5.32 Å². The Kier molecular flexibility index (Phi) is 3.12. The Hall–Kier alpha value is -2.76. The van der Waals surface area contributed by atoms with Crippen LogP contribution in [0.15, 0.2) is 47.1 Å². The normalized spacial score (nSPS) is 10.5. The molecule has 3 aromatic rings. The van der Waals surface area contributed by atoms with Crippen LogP contribution in [-0.2, 0) is 0 Å². The van der Waals surface area contributed by atoms with Crippen molar-refractivity contribution in [1.29, 1.82) is 0 Å². The lowest BCUT2D eigenvalue weighted by Crippen LogP contribution is -1.88. The number of nitrogens with one attached hydrogen (secondary N) is 1. The zero-order valence-corrected chi connectivity index (χ0v) is 10.7. The second-order valence-corrected chi connectivity index (χ2v) is 4.11. The van der Waals surface area contributed by atoms with Gasteiger partial charge in [-0.2, -0.15) is 4.98 Å². The molecular weight excluding hydrogens is 259 g/mol. The third-order valence-electron chi connectivity index (χ3n) is 2.80. The molecule has 2 heterocycles. The Bertz CT molecular complexity index is 707. The molecule has 0 fully saturated rings. The highest BCUT2D eigenvalue weighted by molar-refractivity contribution is 5.60. The Morgan fingerprint density at radius 2 is 1.90 bits per heavy atom. The molecule has 100 valence electrons. The molecule has 6 heteroatoms. The van der Waals surface area contributed by atoms with Gasteiger partial charge in [0.1, 0.15) is 11.5 Å². The van der Waals surface area contributed by atoms with Gasteiger partial charge in [-0.05, 0) is 36.4 Å². The van der Waals surface area contributed by atoms with Crippen molar-refractivity contribution in [2.75, 3.05) is 12.4 Å². The van der Waals surface area contributed by atoms with Gasteiger partial charge in [0.15, 0.2) is 0 Å². The van der Waals surface area contributed by atoms with E-state index in [1.807, 2.05) is 31.3 Å². The summed E-state index contributed by atoms with van der Waals surface area (Å²) >= 11 is 0. The van der Waals surface area contributed by atoms with Crippen LogP contribution in [0, 0.1) is 5.82 Å². The molecule has 5 nitrogen and oxygen atoms in total. The lowest BCUT2D eigenvalue weighted by Gasteiger charge is -1.99. The first kappa shape index (κ1) is 12.3. The minimum absolute atomic E-state index is 0.331. The SMILES string of the molecule is CNc1ccc(-c2nc(-c3ccc(F)cn3)no2)cc1. The summed E-state index contributed by atoms with van der Waals surface area (Å²) in [4.78, 5) is 8.17. The standard InChI is InChI=1S/C14H11FN4O/c1-16-11-5-2-9(3-6-11)14-18-13(19-20-14)12-7-4-10(15)8-17-12/h2-8,16H,1H3. The first-order valence-electron chi connectivity index (χ1n) is 6.00. The van der Waals surface area contributed by atoms with E-state index in [1.165, 1.54) is 12.1 Å². The van der Waals surface area contributed by atoms with Crippen molar-refractivity contribution < 1.29 is 8.91 Å². The molecule has 3 rings (SSSR count). The molecule has 0 amide bonds. The fourth-order valence-electron chi connectivity index (χ4n) is 1.73. The average Bonchev–Trinajstić information content (AvgIpc) is 2.98. The highest BCUT2D eigenvalue weighted by Gasteiger charge is 2.11. The van der Waals surface area contributed by atoms with Gasteiger partial charge >= 0.3 is 0 Å². The van der Waals surface area contributed by atoms with E-state index in [9.17, 15) is 4.39 Å². The fourth-order valence-corrected chi connectivity index (χ4v) is 1.73. The second kappa shape index (κ2) is 5.08. The zero-order valence-electron chi connectivity index (χ0n) is 10.7. The second-order valence-electron chi connectivity index (χ2n) is 4.11.